The molecular weight excluding hydrogens is 192 g/mol. The number of methoxy groups -OCH3 is 1. The highest BCUT2D eigenvalue weighted by Gasteiger charge is 2.06. The third-order valence-electron chi connectivity index (χ3n) is 2.03. The molecule has 0 fully saturated rings. The maximum Gasteiger partial charge on any atom is 0.323 e. The second kappa shape index (κ2) is 5.73. The molecule has 1 aromatic rings. The molecule has 4 heteroatoms. The van der Waals surface area contributed by atoms with Crippen molar-refractivity contribution in [2.45, 2.75) is 12.8 Å². The van der Waals surface area contributed by atoms with E-state index in [2.05, 4.69) is 4.79 Å². The molecule has 0 unspecified atom stereocenters. The van der Waals surface area contributed by atoms with Crippen LogP contribution in [0.25, 0.3) is 5.53 Å². The van der Waals surface area contributed by atoms with Crippen molar-refractivity contribution in [3.63, 3.8) is 0 Å². The van der Waals surface area contributed by atoms with Gasteiger partial charge in [-0.1, -0.05) is 18.2 Å². The first kappa shape index (κ1) is 11.1. The minimum Gasteiger partial charge on any atom is -0.496 e. The molecule has 15 heavy (non-hydrogen) atoms. The Bertz CT molecular complexity index is 395. The molecule has 1 rings (SSSR count). The number of benzene rings is 1. The van der Waals surface area contributed by atoms with Gasteiger partial charge in [-0.15, -0.1) is 0 Å². The molecule has 0 saturated carbocycles. The zero-order chi connectivity index (χ0) is 11.1. The number of ketones is 1. The van der Waals surface area contributed by atoms with E-state index in [9.17, 15) is 4.79 Å². The SMILES string of the molecule is COc1ccccc1CCC(=O)C=[N+]=[N-]. The average molecular weight is 204 g/mol. The van der Waals surface area contributed by atoms with Crippen molar-refractivity contribution in [1.82, 2.24) is 0 Å². The Morgan fingerprint density at radius 2 is 2.27 bits per heavy atom. The van der Waals surface area contributed by atoms with Crippen molar-refractivity contribution in [1.29, 1.82) is 0 Å². The molecule has 0 atom stereocenters. The van der Waals surface area contributed by atoms with Crippen LogP contribution >= 0.6 is 0 Å². The fraction of sp³-hybridized carbons (Fsp3) is 0.273. The van der Waals surface area contributed by atoms with Crippen LogP contribution in [0.3, 0.4) is 0 Å². The normalized spacial score (nSPS) is 9.13. The van der Waals surface area contributed by atoms with Crippen LogP contribution in [0, 0.1) is 0 Å². The van der Waals surface area contributed by atoms with Crippen LogP contribution < -0.4 is 4.74 Å². The smallest absolute Gasteiger partial charge is 0.323 e. The van der Waals surface area contributed by atoms with Crippen molar-refractivity contribution in [2.75, 3.05) is 7.11 Å². The molecular formula is C11H12N2O2. The Morgan fingerprint density at radius 1 is 1.53 bits per heavy atom. The third kappa shape index (κ3) is 3.37. The highest BCUT2D eigenvalue weighted by atomic mass is 16.5. The lowest BCUT2D eigenvalue weighted by Gasteiger charge is -2.05. The summed E-state index contributed by atoms with van der Waals surface area (Å²) in [5.74, 6) is 0.564. The van der Waals surface area contributed by atoms with Gasteiger partial charge in [0.2, 0.25) is 5.78 Å². The van der Waals surface area contributed by atoms with Gasteiger partial charge in [-0.05, 0) is 18.1 Å². The summed E-state index contributed by atoms with van der Waals surface area (Å²) >= 11 is 0. The van der Waals surface area contributed by atoms with Gasteiger partial charge in [-0.2, -0.15) is 4.79 Å². The lowest BCUT2D eigenvalue weighted by molar-refractivity contribution is -0.116. The first-order chi connectivity index (χ1) is 7.27. The molecule has 0 saturated heterocycles. The van der Waals surface area contributed by atoms with E-state index in [0.29, 0.717) is 12.8 Å². The molecule has 0 aliphatic rings. The third-order valence-corrected chi connectivity index (χ3v) is 2.03. The lowest BCUT2D eigenvalue weighted by atomic mass is 10.1. The van der Waals surface area contributed by atoms with Gasteiger partial charge < -0.3 is 10.3 Å². The second-order valence-electron chi connectivity index (χ2n) is 3.02. The second-order valence-corrected chi connectivity index (χ2v) is 3.02. The average Bonchev–Trinajstić information content (AvgIpc) is 2.27. The van der Waals surface area contributed by atoms with Gasteiger partial charge in [0.05, 0.1) is 7.11 Å². The van der Waals surface area contributed by atoms with Gasteiger partial charge in [0, 0.05) is 6.42 Å². The largest absolute Gasteiger partial charge is 0.496 e. The topological polar surface area (TPSA) is 62.7 Å². The summed E-state index contributed by atoms with van der Waals surface area (Å²) in [7, 11) is 1.59. The van der Waals surface area contributed by atoms with Gasteiger partial charge >= 0.3 is 6.21 Å². The van der Waals surface area contributed by atoms with Crippen LogP contribution in [0.15, 0.2) is 24.3 Å². The van der Waals surface area contributed by atoms with Crippen molar-refractivity contribution in [3.8, 4) is 5.75 Å². The van der Waals surface area contributed by atoms with E-state index in [-0.39, 0.29) is 5.78 Å². The number of carbonyl (C=O) groups excluding carboxylic acids is 1. The van der Waals surface area contributed by atoms with E-state index in [1.54, 1.807) is 7.11 Å². The number of para-hydroxylation sites is 1. The summed E-state index contributed by atoms with van der Waals surface area (Å²) in [6.45, 7) is 0. The van der Waals surface area contributed by atoms with Crippen LogP contribution in [0.4, 0.5) is 0 Å². The predicted octanol–water partition coefficient (Wildman–Crippen LogP) is 1.50. The van der Waals surface area contributed by atoms with Gasteiger partial charge in [0.15, 0.2) is 0 Å². The van der Waals surface area contributed by atoms with E-state index >= 15 is 0 Å². The Kier molecular flexibility index (Phi) is 4.26. The molecule has 78 valence electrons. The first-order valence-corrected chi connectivity index (χ1v) is 4.60. The van der Waals surface area contributed by atoms with Crippen molar-refractivity contribution >= 4 is 12.0 Å². The summed E-state index contributed by atoms with van der Waals surface area (Å²) in [6.07, 6.45) is 1.80. The van der Waals surface area contributed by atoms with E-state index in [4.69, 9.17) is 10.3 Å². The number of hydrogen-bond donors (Lipinski definition) is 0. The molecule has 0 spiro atoms. The van der Waals surface area contributed by atoms with E-state index in [1.807, 2.05) is 24.3 Å². The fourth-order valence-corrected chi connectivity index (χ4v) is 1.30. The van der Waals surface area contributed by atoms with Gasteiger partial charge in [-0.25, -0.2) is 0 Å². The molecule has 0 heterocycles. The summed E-state index contributed by atoms with van der Waals surface area (Å²) in [6, 6.07) is 7.52. The molecule has 0 aromatic heterocycles. The predicted molar refractivity (Wildman–Crippen MR) is 56.0 cm³/mol. The Morgan fingerprint density at radius 3 is 2.93 bits per heavy atom. The minimum absolute atomic E-state index is 0.205. The number of ether oxygens (including phenoxy) is 1. The Labute approximate surface area is 88.1 Å². The van der Waals surface area contributed by atoms with Gasteiger partial charge in [-0.3, -0.25) is 4.79 Å². The van der Waals surface area contributed by atoms with Crippen molar-refractivity contribution in [2.24, 2.45) is 0 Å². The summed E-state index contributed by atoms with van der Waals surface area (Å²) in [5, 5.41) is 0. The molecule has 4 nitrogen and oxygen atoms in total. The first-order valence-electron chi connectivity index (χ1n) is 4.60. The summed E-state index contributed by atoms with van der Waals surface area (Å²) < 4.78 is 5.14. The van der Waals surface area contributed by atoms with E-state index in [0.717, 1.165) is 17.5 Å². The van der Waals surface area contributed by atoms with Crippen LogP contribution in [0.5, 0.6) is 5.75 Å². The molecule has 0 N–H and O–H groups in total. The fourth-order valence-electron chi connectivity index (χ4n) is 1.30. The number of carbonyl (C=O) groups is 1. The number of aryl methyl sites for hydroxylation is 1. The minimum atomic E-state index is -0.205. The van der Waals surface area contributed by atoms with Crippen LogP contribution in [-0.4, -0.2) is 23.9 Å². The molecule has 0 aliphatic heterocycles. The van der Waals surface area contributed by atoms with Crippen LogP contribution in [0.2, 0.25) is 0 Å². The molecule has 0 amide bonds. The van der Waals surface area contributed by atoms with Crippen LogP contribution in [-0.2, 0) is 11.2 Å². The molecule has 0 bridgehead atoms. The zero-order valence-corrected chi connectivity index (χ0v) is 8.51. The van der Waals surface area contributed by atoms with Crippen molar-refractivity contribution in [3.05, 3.63) is 35.4 Å². The molecule has 0 aliphatic carbocycles. The zero-order valence-electron chi connectivity index (χ0n) is 8.51. The quantitative estimate of drug-likeness (QED) is 0.414. The lowest BCUT2D eigenvalue weighted by Crippen LogP contribution is -2.02. The maximum absolute atomic E-state index is 11.1. The van der Waals surface area contributed by atoms with Gasteiger partial charge in [0.25, 0.3) is 0 Å². The molecule has 1 aromatic carbocycles. The van der Waals surface area contributed by atoms with Crippen LogP contribution in [0.1, 0.15) is 12.0 Å². The van der Waals surface area contributed by atoms with E-state index < -0.39 is 0 Å². The molecule has 0 radical (unpaired) electrons. The summed E-state index contributed by atoms with van der Waals surface area (Å²) in [4.78, 5) is 13.8. The monoisotopic (exact) mass is 204 g/mol. The summed E-state index contributed by atoms with van der Waals surface area (Å²) in [5.41, 5.74) is 9.13. The maximum atomic E-state index is 11.1. The number of Topliss-reactive ketones (excluding diaryl/α,β-unsaturated/α-hetero) is 1. The van der Waals surface area contributed by atoms with E-state index in [1.165, 1.54) is 0 Å². The highest BCUT2D eigenvalue weighted by molar-refractivity contribution is 6.25. The Balaban J connectivity index is 2.64. The highest BCUT2D eigenvalue weighted by Crippen LogP contribution is 2.18. The van der Waals surface area contributed by atoms with Gasteiger partial charge in [0.1, 0.15) is 5.75 Å². The Hall–Kier alpha value is -1.93. The number of rotatable bonds is 5. The number of nitrogens with zero attached hydrogens (tertiary/aromatic N) is 2. The van der Waals surface area contributed by atoms with Crippen molar-refractivity contribution < 1.29 is 14.3 Å². The number of hydrogen-bond acceptors (Lipinski definition) is 2. The standard InChI is InChI=1S/C11H12N2O2/c1-15-11-5-3-2-4-9(11)6-7-10(14)8-13-12/h2-5,8H,6-7H2,1H3.